The predicted octanol–water partition coefficient (Wildman–Crippen LogP) is 5.10. The zero-order valence-corrected chi connectivity index (χ0v) is 35.1. The molecule has 3 saturated heterocycles. The van der Waals surface area contributed by atoms with E-state index in [-0.39, 0.29) is 54.5 Å². The van der Waals surface area contributed by atoms with Gasteiger partial charge in [-0.3, -0.25) is 23.7 Å². The summed E-state index contributed by atoms with van der Waals surface area (Å²) in [5.41, 5.74) is 3.38. The van der Waals surface area contributed by atoms with Gasteiger partial charge in [0.05, 0.1) is 52.7 Å². The number of amides is 4. The van der Waals surface area contributed by atoms with Crippen molar-refractivity contribution in [3.8, 4) is 0 Å². The molecule has 0 spiro atoms. The van der Waals surface area contributed by atoms with Crippen molar-refractivity contribution in [3.05, 3.63) is 38.3 Å². The fourth-order valence-corrected chi connectivity index (χ4v) is 9.54. The lowest BCUT2D eigenvalue weighted by molar-refractivity contribution is -0.122. The van der Waals surface area contributed by atoms with Crippen LogP contribution < -0.4 is 32.3 Å². The maximum absolute atomic E-state index is 13.3. The Balaban J connectivity index is 0.905. The molecule has 14 nitrogen and oxygen atoms in total. The van der Waals surface area contributed by atoms with Gasteiger partial charge in [-0.05, 0) is 86.0 Å². The van der Waals surface area contributed by atoms with Gasteiger partial charge in [0.15, 0.2) is 0 Å². The van der Waals surface area contributed by atoms with Crippen molar-refractivity contribution in [2.75, 3.05) is 18.8 Å². The third kappa shape index (κ3) is 13.8. The molecule has 1 aromatic carbocycles. The molecule has 3 fully saturated rings. The number of urea groups is 1. The van der Waals surface area contributed by atoms with E-state index in [1.165, 1.54) is 10.9 Å². The first kappa shape index (κ1) is 44.1. The van der Waals surface area contributed by atoms with Crippen molar-refractivity contribution in [2.24, 2.45) is 5.10 Å². The number of hydrazone groups is 1. The number of carbonyl (C=O) groups is 4. The molecule has 0 radical (unpaired) electrons. The maximum atomic E-state index is 13.3. The molecule has 0 bridgehead atoms. The van der Waals surface area contributed by atoms with Crippen LogP contribution in [0, 0.1) is 0 Å². The minimum absolute atomic E-state index is 0.0228. The fourth-order valence-electron chi connectivity index (χ4n) is 7.50. The molecule has 2 aromatic rings. The minimum atomic E-state index is -0.561. The zero-order valence-electron chi connectivity index (χ0n) is 32.0. The van der Waals surface area contributed by atoms with Crippen LogP contribution in [0.15, 0.2) is 32.8 Å². The van der Waals surface area contributed by atoms with Gasteiger partial charge in [0.2, 0.25) is 11.8 Å². The lowest BCUT2D eigenvalue weighted by Crippen LogP contribution is -2.46. The lowest BCUT2D eigenvalue weighted by Gasteiger charge is -2.29. The van der Waals surface area contributed by atoms with E-state index in [1.54, 1.807) is 12.1 Å². The monoisotopic (exact) mass is 878 g/mol. The highest BCUT2D eigenvalue weighted by atomic mass is 79.9. The first-order valence-corrected chi connectivity index (χ1v) is 22.4. The number of halogens is 2. The third-order valence-electron chi connectivity index (χ3n) is 10.7. The number of hydrogen-bond donors (Lipinski definition) is 6. The molecule has 17 heteroatoms. The molecule has 3 aliphatic heterocycles. The van der Waals surface area contributed by atoms with Crippen LogP contribution in [0.5, 0.6) is 0 Å². The van der Waals surface area contributed by atoms with E-state index in [0.717, 1.165) is 76.5 Å². The zero-order chi connectivity index (χ0) is 39.9. The number of piperidine rings is 1. The summed E-state index contributed by atoms with van der Waals surface area (Å²) in [6.07, 6.45) is 13.3. The molecule has 3 aliphatic rings. The second-order valence-corrected chi connectivity index (χ2v) is 17.7. The number of Topliss-reactive ketones (excluding diaryl/α,β-unsaturated/α-hetero) is 1. The van der Waals surface area contributed by atoms with Gasteiger partial charge in [-0.15, -0.1) is 0 Å². The number of carbonyl (C=O) groups excluding carboxylic acids is 4. The fraction of sp³-hybridized carbons (Fsp3) is 0.667. The van der Waals surface area contributed by atoms with E-state index in [9.17, 15) is 29.1 Å². The van der Waals surface area contributed by atoms with E-state index >= 15 is 0 Å². The molecule has 4 heterocycles. The van der Waals surface area contributed by atoms with Crippen molar-refractivity contribution in [3.63, 3.8) is 0 Å². The number of thioether (sulfide) groups is 1. The molecule has 0 aliphatic carbocycles. The normalized spacial score (nSPS) is 22.1. The number of unbranched alkanes of at least 4 members (excludes halogenated alkanes) is 6. The highest BCUT2D eigenvalue weighted by molar-refractivity contribution is 9.10. The van der Waals surface area contributed by atoms with E-state index in [2.05, 4.69) is 52.7 Å². The van der Waals surface area contributed by atoms with Gasteiger partial charge in [0.1, 0.15) is 5.78 Å². The molecule has 5 atom stereocenters. The Morgan fingerprint density at radius 2 is 1.71 bits per heavy atom. The number of nitrogens with zero attached hydrogens (tertiary/aromatic N) is 3. The first-order valence-electron chi connectivity index (χ1n) is 20.1. The summed E-state index contributed by atoms with van der Waals surface area (Å²) < 4.78 is 2.07. The maximum Gasteiger partial charge on any atom is 0.315 e. The summed E-state index contributed by atoms with van der Waals surface area (Å²) in [5, 5.41) is 28.4. The standard InChI is InChI=1S/C39H56BrClN8O6S/c40-28-21-30-27(20-29(28)41)38(54)49(24-44-30)22-25(19-31-33(51)13-10-18-42-31)47-48-36(53)16-6-3-9-17-43-35(52)15-5-2-1-4-11-26(50)12-7-8-14-34-37-32(23-56-34)45-39(55)46-37/h20-21,24,31-34,37,42,51H,1-19,22-23H2,(H,43,52)(H,48,53)(H2,45,46,55)/b47-25-. The average Bonchev–Trinajstić information content (AvgIpc) is 3.73. The van der Waals surface area contributed by atoms with Gasteiger partial charge in [0, 0.05) is 60.2 Å². The van der Waals surface area contributed by atoms with E-state index in [1.807, 2.05) is 11.8 Å². The Labute approximate surface area is 346 Å². The van der Waals surface area contributed by atoms with Gasteiger partial charge < -0.3 is 26.4 Å². The summed E-state index contributed by atoms with van der Waals surface area (Å²) in [4.78, 5) is 66.5. The topological polar surface area (TPSA) is 196 Å². The third-order valence-corrected chi connectivity index (χ3v) is 13.4. The quantitative estimate of drug-likeness (QED) is 0.0381. The number of aliphatic hydroxyl groups excluding tert-OH is 1. The molecular formula is C39H56BrClN8O6S. The molecule has 56 heavy (non-hydrogen) atoms. The molecular weight excluding hydrogens is 824 g/mol. The van der Waals surface area contributed by atoms with Gasteiger partial charge in [0.25, 0.3) is 5.56 Å². The molecule has 308 valence electrons. The Morgan fingerprint density at radius 1 is 0.982 bits per heavy atom. The number of rotatable bonds is 23. The average molecular weight is 880 g/mol. The Kier molecular flexibility index (Phi) is 17.9. The number of fused-ring (bicyclic) bond motifs is 2. The van der Waals surface area contributed by atoms with Crippen LogP contribution in [0.1, 0.15) is 109 Å². The van der Waals surface area contributed by atoms with Gasteiger partial charge in [-0.1, -0.05) is 37.3 Å². The molecule has 5 rings (SSSR count). The number of ketones is 1. The largest absolute Gasteiger partial charge is 0.391 e. The van der Waals surface area contributed by atoms with Crippen LogP contribution in [0.4, 0.5) is 4.79 Å². The van der Waals surface area contributed by atoms with Crippen LogP contribution in [0.25, 0.3) is 10.9 Å². The number of nitrogens with one attached hydrogen (secondary N) is 5. The highest BCUT2D eigenvalue weighted by Crippen LogP contribution is 2.33. The van der Waals surface area contributed by atoms with Crippen LogP contribution in [0.2, 0.25) is 5.02 Å². The van der Waals surface area contributed by atoms with Gasteiger partial charge in [-0.2, -0.15) is 16.9 Å². The number of aliphatic hydroxyl groups is 1. The Morgan fingerprint density at radius 3 is 2.50 bits per heavy atom. The second kappa shape index (κ2) is 22.8. The summed E-state index contributed by atoms with van der Waals surface area (Å²) >= 11 is 11.5. The summed E-state index contributed by atoms with van der Waals surface area (Å²) in [6.45, 7) is 1.41. The highest BCUT2D eigenvalue weighted by Gasteiger charge is 2.42. The van der Waals surface area contributed by atoms with Gasteiger partial charge in [-0.25, -0.2) is 15.2 Å². The summed E-state index contributed by atoms with van der Waals surface area (Å²) in [7, 11) is 0. The Bertz CT molecular complexity index is 1760. The molecule has 4 amide bonds. The molecule has 6 N–H and O–H groups in total. The predicted molar refractivity (Wildman–Crippen MR) is 224 cm³/mol. The number of aromatic nitrogens is 2. The van der Waals surface area contributed by atoms with Crippen molar-refractivity contribution in [1.82, 2.24) is 36.2 Å². The summed E-state index contributed by atoms with van der Waals surface area (Å²) in [5.74, 6) is 1.04. The van der Waals surface area contributed by atoms with Crippen molar-refractivity contribution in [1.29, 1.82) is 0 Å². The second-order valence-electron chi connectivity index (χ2n) is 15.1. The minimum Gasteiger partial charge on any atom is -0.391 e. The van der Waals surface area contributed by atoms with Crippen LogP contribution in [-0.2, 0) is 20.9 Å². The smallest absolute Gasteiger partial charge is 0.315 e. The van der Waals surface area contributed by atoms with Crippen molar-refractivity contribution >= 4 is 79.5 Å². The molecule has 1 aromatic heterocycles. The Hall–Kier alpha value is -3.05. The SMILES string of the molecule is O=C(CCCCCCC(=O)NCCCCCC(=O)N/N=C(/CC1NCCCC1O)Cn1cnc2cc(Br)c(Cl)cc2c1=O)CCCCC1SCC2NC(=O)NC21. The van der Waals surface area contributed by atoms with Gasteiger partial charge >= 0.3 is 6.03 Å². The number of benzene rings is 1. The van der Waals surface area contributed by atoms with Crippen molar-refractivity contribution in [2.45, 2.75) is 145 Å². The van der Waals surface area contributed by atoms with Crippen LogP contribution >= 0.6 is 39.3 Å². The first-order chi connectivity index (χ1) is 27.1. The van der Waals surface area contributed by atoms with Crippen LogP contribution in [-0.4, -0.2) is 92.3 Å². The molecule has 5 unspecified atom stereocenters. The van der Waals surface area contributed by atoms with E-state index in [4.69, 9.17) is 11.6 Å². The summed E-state index contributed by atoms with van der Waals surface area (Å²) in [6, 6.07) is 3.41. The van der Waals surface area contributed by atoms with E-state index in [0.29, 0.717) is 82.2 Å². The van der Waals surface area contributed by atoms with Crippen molar-refractivity contribution < 1.29 is 24.3 Å². The van der Waals surface area contributed by atoms with Crippen LogP contribution in [0.3, 0.4) is 0 Å². The molecule has 0 saturated carbocycles. The number of hydrogen-bond acceptors (Lipinski definition) is 10. The van der Waals surface area contributed by atoms with E-state index < -0.39 is 6.10 Å². The lowest BCUT2D eigenvalue weighted by atomic mass is 9.96.